The Labute approximate surface area is 178 Å². The fourth-order valence-corrected chi connectivity index (χ4v) is 4.89. The molecule has 0 aliphatic heterocycles. The molecule has 4 unspecified atom stereocenters. The summed E-state index contributed by atoms with van der Waals surface area (Å²) in [7, 11) is 0. The van der Waals surface area contributed by atoms with Crippen LogP contribution in [0.5, 0.6) is 5.75 Å². The number of hydrogen-bond acceptors (Lipinski definition) is 4. The van der Waals surface area contributed by atoms with Crippen LogP contribution in [0.3, 0.4) is 0 Å². The highest BCUT2D eigenvalue weighted by atomic mass is 19.4. The van der Waals surface area contributed by atoms with Crippen molar-refractivity contribution in [3.05, 3.63) is 58.9 Å². The van der Waals surface area contributed by atoms with Gasteiger partial charge in [0.1, 0.15) is 5.75 Å². The van der Waals surface area contributed by atoms with E-state index in [1.807, 2.05) is 0 Å². The number of rotatable bonds is 6. The van der Waals surface area contributed by atoms with Crippen LogP contribution >= 0.6 is 0 Å². The van der Waals surface area contributed by atoms with Gasteiger partial charge in [0.15, 0.2) is 5.69 Å². The summed E-state index contributed by atoms with van der Waals surface area (Å²) in [5.74, 6) is 0.633. The summed E-state index contributed by atoms with van der Waals surface area (Å²) in [5.41, 5.74) is 0.490. The summed E-state index contributed by atoms with van der Waals surface area (Å²) >= 11 is 0. The first kappa shape index (κ1) is 21.6. The first-order chi connectivity index (χ1) is 14.7. The van der Waals surface area contributed by atoms with E-state index in [1.165, 1.54) is 12.3 Å². The molecular weight excluding hydrogens is 409 g/mol. The molecule has 2 N–H and O–H groups in total. The van der Waals surface area contributed by atoms with Crippen molar-refractivity contribution in [3.63, 3.8) is 0 Å². The number of aromatic nitrogens is 1. The maximum atomic E-state index is 12.8. The van der Waals surface area contributed by atoms with Gasteiger partial charge in [0, 0.05) is 12.2 Å². The van der Waals surface area contributed by atoms with Crippen LogP contribution in [0.1, 0.15) is 46.4 Å². The molecule has 1 amide bonds. The van der Waals surface area contributed by atoms with Crippen LogP contribution in [0, 0.1) is 24.7 Å². The zero-order valence-corrected chi connectivity index (χ0v) is 17.2. The molecule has 31 heavy (non-hydrogen) atoms. The predicted octanol–water partition coefficient (Wildman–Crippen LogP) is 4.48. The number of fused-ring (bicyclic) bond motifs is 2. The molecule has 8 heteroatoms. The molecule has 4 atom stereocenters. The third-order valence-corrected chi connectivity index (χ3v) is 6.52. The van der Waals surface area contributed by atoms with Crippen molar-refractivity contribution in [2.75, 3.05) is 6.61 Å². The standard InChI is InChI=1S/C23H25F3N2O3/c1-13-5-6-27-20(21(13)29)22(30)28-19-10-15-8-16(19)9-17(15)12-31-11-14-3-2-4-18(7-14)23(24,25)26/h2-7,15-17,19,29H,8-12H2,1H3,(H,28,30). The van der Waals surface area contributed by atoms with E-state index in [2.05, 4.69) is 10.3 Å². The van der Waals surface area contributed by atoms with E-state index in [0.29, 0.717) is 35.5 Å². The van der Waals surface area contributed by atoms with Gasteiger partial charge in [-0.05, 0) is 73.3 Å². The van der Waals surface area contributed by atoms with Gasteiger partial charge in [-0.1, -0.05) is 12.1 Å². The van der Waals surface area contributed by atoms with Gasteiger partial charge in [-0.3, -0.25) is 4.79 Å². The summed E-state index contributed by atoms with van der Waals surface area (Å²) in [6, 6.07) is 6.90. The first-order valence-electron chi connectivity index (χ1n) is 10.4. The largest absolute Gasteiger partial charge is 0.505 e. The molecule has 2 bridgehead atoms. The molecule has 1 aromatic carbocycles. The molecular formula is C23H25F3N2O3. The predicted molar refractivity (Wildman–Crippen MR) is 107 cm³/mol. The fraction of sp³-hybridized carbons (Fsp3) is 0.478. The molecule has 1 heterocycles. The summed E-state index contributed by atoms with van der Waals surface area (Å²) in [5, 5.41) is 13.1. The first-order valence-corrected chi connectivity index (χ1v) is 10.4. The smallest absolute Gasteiger partial charge is 0.416 e. The molecule has 0 saturated heterocycles. The molecule has 4 rings (SSSR count). The summed E-state index contributed by atoms with van der Waals surface area (Å²) < 4.78 is 44.2. The summed E-state index contributed by atoms with van der Waals surface area (Å²) in [6.45, 7) is 2.36. The van der Waals surface area contributed by atoms with E-state index >= 15 is 0 Å². The van der Waals surface area contributed by atoms with Crippen LogP contribution < -0.4 is 5.32 Å². The Morgan fingerprint density at radius 1 is 1.23 bits per heavy atom. The van der Waals surface area contributed by atoms with Crippen molar-refractivity contribution in [2.24, 2.45) is 17.8 Å². The van der Waals surface area contributed by atoms with Gasteiger partial charge in [0.25, 0.3) is 5.91 Å². The van der Waals surface area contributed by atoms with E-state index in [1.54, 1.807) is 19.1 Å². The number of aromatic hydroxyl groups is 1. The number of benzene rings is 1. The van der Waals surface area contributed by atoms with Crippen molar-refractivity contribution >= 4 is 5.91 Å². The Balaban J connectivity index is 1.26. The number of aryl methyl sites for hydroxylation is 1. The lowest BCUT2D eigenvalue weighted by atomic mass is 9.86. The normalized spacial score (nSPS) is 25.0. The zero-order valence-electron chi connectivity index (χ0n) is 17.2. The summed E-state index contributed by atoms with van der Waals surface area (Å²) in [4.78, 5) is 16.5. The monoisotopic (exact) mass is 434 g/mol. The lowest BCUT2D eigenvalue weighted by molar-refractivity contribution is -0.137. The third-order valence-electron chi connectivity index (χ3n) is 6.52. The number of pyridine rings is 1. The molecule has 2 fully saturated rings. The third kappa shape index (κ3) is 4.69. The molecule has 1 aromatic heterocycles. The highest BCUT2D eigenvalue weighted by Crippen LogP contribution is 2.48. The van der Waals surface area contributed by atoms with Gasteiger partial charge in [-0.2, -0.15) is 13.2 Å². The molecule has 5 nitrogen and oxygen atoms in total. The Kier molecular flexibility index (Phi) is 5.92. The van der Waals surface area contributed by atoms with Crippen molar-refractivity contribution in [3.8, 4) is 5.75 Å². The molecule has 2 aromatic rings. The maximum Gasteiger partial charge on any atom is 0.416 e. The number of nitrogens with zero attached hydrogens (tertiary/aromatic N) is 1. The molecule has 2 aliphatic carbocycles. The van der Waals surface area contributed by atoms with Gasteiger partial charge in [0.05, 0.1) is 18.8 Å². The summed E-state index contributed by atoms with van der Waals surface area (Å²) in [6.07, 6.45) is -0.116. The second kappa shape index (κ2) is 8.49. The molecule has 2 aliphatic rings. The number of halogens is 3. The topological polar surface area (TPSA) is 71.5 Å². The van der Waals surface area contributed by atoms with E-state index in [0.717, 1.165) is 31.4 Å². The van der Waals surface area contributed by atoms with Crippen molar-refractivity contribution in [1.29, 1.82) is 0 Å². The SMILES string of the molecule is Cc1ccnc(C(=O)NC2CC3CC2CC3COCc2cccc(C(F)(F)F)c2)c1O. The maximum absolute atomic E-state index is 12.8. The van der Waals surface area contributed by atoms with Crippen LogP contribution in [-0.4, -0.2) is 28.6 Å². The molecule has 166 valence electrons. The second-order valence-electron chi connectivity index (χ2n) is 8.61. The number of nitrogens with one attached hydrogen (secondary N) is 1. The fourth-order valence-electron chi connectivity index (χ4n) is 4.89. The van der Waals surface area contributed by atoms with Crippen molar-refractivity contribution in [2.45, 2.75) is 45.0 Å². The highest BCUT2D eigenvalue weighted by Gasteiger charge is 2.46. The minimum absolute atomic E-state index is 0.0407. The van der Waals surface area contributed by atoms with E-state index in [4.69, 9.17) is 4.74 Å². The van der Waals surface area contributed by atoms with Crippen LogP contribution in [0.25, 0.3) is 0 Å². The molecule has 0 radical (unpaired) electrons. The van der Waals surface area contributed by atoms with Crippen molar-refractivity contribution in [1.82, 2.24) is 10.3 Å². The average Bonchev–Trinajstić information content (AvgIpc) is 3.29. The van der Waals surface area contributed by atoms with E-state index < -0.39 is 11.7 Å². The second-order valence-corrected chi connectivity index (χ2v) is 8.61. The van der Waals surface area contributed by atoms with Crippen LogP contribution in [0.4, 0.5) is 13.2 Å². The number of carbonyl (C=O) groups excluding carboxylic acids is 1. The van der Waals surface area contributed by atoms with Gasteiger partial charge in [0.2, 0.25) is 0 Å². The van der Waals surface area contributed by atoms with E-state index in [-0.39, 0.29) is 30.0 Å². The lowest BCUT2D eigenvalue weighted by Crippen LogP contribution is -2.40. The number of amides is 1. The van der Waals surface area contributed by atoms with Gasteiger partial charge >= 0.3 is 6.18 Å². The number of alkyl halides is 3. The highest BCUT2D eigenvalue weighted by molar-refractivity contribution is 5.95. The quantitative estimate of drug-likeness (QED) is 0.704. The van der Waals surface area contributed by atoms with Crippen molar-refractivity contribution < 1.29 is 27.8 Å². The molecule has 0 spiro atoms. The van der Waals surface area contributed by atoms with Crippen LogP contribution in [-0.2, 0) is 17.5 Å². The minimum Gasteiger partial charge on any atom is -0.505 e. The minimum atomic E-state index is -4.36. The Hall–Kier alpha value is -2.61. The van der Waals surface area contributed by atoms with Gasteiger partial charge < -0.3 is 15.2 Å². The van der Waals surface area contributed by atoms with E-state index in [9.17, 15) is 23.1 Å². The van der Waals surface area contributed by atoms with Crippen LogP contribution in [0.15, 0.2) is 36.5 Å². The zero-order chi connectivity index (χ0) is 22.2. The Morgan fingerprint density at radius 3 is 2.74 bits per heavy atom. The average molecular weight is 434 g/mol. The van der Waals surface area contributed by atoms with Crippen LogP contribution in [0.2, 0.25) is 0 Å². The number of carbonyl (C=O) groups is 1. The Morgan fingerprint density at radius 2 is 2.03 bits per heavy atom. The molecule has 2 saturated carbocycles. The van der Waals surface area contributed by atoms with Gasteiger partial charge in [-0.25, -0.2) is 4.98 Å². The Bertz CT molecular complexity index is 963. The lowest BCUT2D eigenvalue weighted by Gasteiger charge is -2.28. The van der Waals surface area contributed by atoms with Gasteiger partial charge in [-0.15, -0.1) is 0 Å². The number of ether oxygens (including phenoxy) is 1. The number of hydrogen-bond donors (Lipinski definition) is 2.